The molecule has 6 heteroatoms. The fourth-order valence-corrected chi connectivity index (χ4v) is 2.59. The molecule has 0 fully saturated rings. The van der Waals surface area contributed by atoms with E-state index in [-0.39, 0.29) is 0 Å². The minimum atomic E-state index is 0.431. The SMILES string of the molecule is Nc1ccnc(CNc2nc(-c3ccccc3)nc3ccccc23)n1. The summed E-state index contributed by atoms with van der Waals surface area (Å²) in [7, 11) is 0. The number of nitrogen functional groups attached to an aromatic ring is 1. The van der Waals surface area contributed by atoms with Crippen LogP contribution in [0.4, 0.5) is 11.6 Å². The van der Waals surface area contributed by atoms with Crippen molar-refractivity contribution < 1.29 is 0 Å². The number of benzene rings is 2. The van der Waals surface area contributed by atoms with Gasteiger partial charge in [0.05, 0.1) is 12.1 Å². The first-order chi connectivity index (χ1) is 12.3. The Morgan fingerprint density at radius 1 is 0.840 bits per heavy atom. The molecule has 0 unspecified atom stereocenters. The van der Waals surface area contributed by atoms with Gasteiger partial charge >= 0.3 is 0 Å². The molecule has 4 aromatic rings. The van der Waals surface area contributed by atoms with Crippen molar-refractivity contribution >= 4 is 22.5 Å². The maximum atomic E-state index is 5.71. The zero-order chi connectivity index (χ0) is 17.1. The first-order valence-electron chi connectivity index (χ1n) is 7.93. The standard InChI is InChI=1S/C19H16N6/c20-16-10-11-21-17(24-16)12-22-19-14-8-4-5-9-15(14)23-18(25-19)13-6-2-1-3-7-13/h1-11H,12H2,(H2,20,21,24)(H,22,23,25). The van der Waals surface area contributed by atoms with Crippen LogP contribution < -0.4 is 11.1 Å². The van der Waals surface area contributed by atoms with Gasteiger partial charge in [0.25, 0.3) is 0 Å². The second-order valence-electron chi connectivity index (χ2n) is 5.53. The summed E-state index contributed by atoms with van der Waals surface area (Å²) in [5.74, 6) is 2.49. The highest BCUT2D eigenvalue weighted by molar-refractivity contribution is 5.90. The number of rotatable bonds is 4. The van der Waals surface area contributed by atoms with Gasteiger partial charge in [0.1, 0.15) is 17.5 Å². The zero-order valence-electron chi connectivity index (χ0n) is 13.4. The average Bonchev–Trinajstić information content (AvgIpc) is 2.66. The fourth-order valence-electron chi connectivity index (χ4n) is 2.59. The number of hydrogen-bond donors (Lipinski definition) is 2. The van der Waals surface area contributed by atoms with E-state index >= 15 is 0 Å². The summed E-state index contributed by atoms with van der Waals surface area (Å²) in [6.45, 7) is 0.431. The highest BCUT2D eigenvalue weighted by Gasteiger charge is 2.09. The zero-order valence-corrected chi connectivity index (χ0v) is 13.4. The van der Waals surface area contributed by atoms with Crippen molar-refractivity contribution in [2.75, 3.05) is 11.1 Å². The lowest BCUT2D eigenvalue weighted by molar-refractivity contribution is 0.947. The molecular formula is C19H16N6. The van der Waals surface area contributed by atoms with Crippen molar-refractivity contribution in [2.24, 2.45) is 0 Å². The number of fused-ring (bicyclic) bond motifs is 1. The van der Waals surface area contributed by atoms with Gasteiger partial charge in [-0.2, -0.15) is 0 Å². The predicted octanol–water partition coefficient (Wildman–Crippen LogP) is 3.28. The quantitative estimate of drug-likeness (QED) is 0.597. The largest absolute Gasteiger partial charge is 0.384 e. The summed E-state index contributed by atoms with van der Waals surface area (Å²) in [4.78, 5) is 17.8. The summed E-state index contributed by atoms with van der Waals surface area (Å²) in [6, 6.07) is 19.5. The summed E-state index contributed by atoms with van der Waals surface area (Å²) >= 11 is 0. The normalized spacial score (nSPS) is 10.7. The Balaban J connectivity index is 1.73. The molecule has 0 spiro atoms. The summed E-state index contributed by atoms with van der Waals surface area (Å²) in [6.07, 6.45) is 1.65. The van der Waals surface area contributed by atoms with E-state index in [4.69, 9.17) is 10.7 Å². The molecule has 2 aromatic carbocycles. The van der Waals surface area contributed by atoms with Gasteiger partial charge in [-0.3, -0.25) is 0 Å². The van der Waals surface area contributed by atoms with E-state index in [1.165, 1.54) is 0 Å². The smallest absolute Gasteiger partial charge is 0.162 e. The van der Waals surface area contributed by atoms with E-state index < -0.39 is 0 Å². The van der Waals surface area contributed by atoms with Crippen LogP contribution in [0.1, 0.15) is 5.82 Å². The summed E-state index contributed by atoms with van der Waals surface area (Å²) in [5.41, 5.74) is 7.56. The van der Waals surface area contributed by atoms with Crippen molar-refractivity contribution in [1.82, 2.24) is 19.9 Å². The van der Waals surface area contributed by atoms with Crippen molar-refractivity contribution in [3.8, 4) is 11.4 Å². The van der Waals surface area contributed by atoms with Gasteiger partial charge in [0, 0.05) is 17.1 Å². The van der Waals surface area contributed by atoms with Crippen molar-refractivity contribution in [2.45, 2.75) is 6.54 Å². The number of hydrogen-bond acceptors (Lipinski definition) is 6. The minimum absolute atomic E-state index is 0.431. The van der Waals surface area contributed by atoms with Crippen LogP contribution in [0.5, 0.6) is 0 Å². The maximum Gasteiger partial charge on any atom is 0.162 e. The molecule has 2 aromatic heterocycles. The van der Waals surface area contributed by atoms with Crippen LogP contribution in [0.2, 0.25) is 0 Å². The van der Waals surface area contributed by atoms with E-state index in [1.807, 2.05) is 54.6 Å². The molecule has 0 amide bonds. The Morgan fingerprint density at radius 2 is 1.64 bits per heavy atom. The Kier molecular flexibility index (Phi) is 3.92. The molecule has 122 valence electrons. The molecule has 3 N–H and O–H groups in total. The molecular weight excluding hydrogens is 312 g/mol. The monoisotopic (exact) mass is 328 g/mol. The number of aromatic nitrogens is 4. The summed E-state index contributed by atoms with van der Waals surface area (Å²) in [5, 5.41) is 4.26. The molecule has 2 heterocycles. The highest BCUT2D eigenvalue weighted by atomic mass is 15.1. The highest BCUT2D eigenvalue weighted by Crippen LogP contribution is 2.25. The second-order valence-corrected chi connectivity index (χ2v) is 5.53. The number of nitrogens with two attached hydrogens (primary N) is 1. The van der Waals surface area contributed by atoms with Gasteiger partial charge in [-0.1, -0.05) is 42.5 Å². The van der Waals surface area contributed by atoms with Crippen LogP contribution >= 0.6 is 0 Å². The molecule has 0 aliphatic rings. The average molecular weight is 328 g/mol. The molecule has 0 saturated heterocycles. The third kappa shape index (κ3) is 3.23. The Morgan fingerprint density at radius 3 is 2.48 bits per heavy atom. The Labute approximate surface area is 144 Å². The topological polar surface area (TPSA) is 89.6 Å². The molecule has 0 atom stereocenters. The van der Waals surface area contributed by atoms with Crippen LogP contribution in [0.25, 0.3) is 22.3 Å². The molecule has 4 rings (SSSR count). The first kappa shape index (κ1) is 15.0. The molecule has 6 nitrogen and oxygen atoms in total. The van der Waals surface area contributed by atoms with Crippen LogP contribution in [0.15, 0.2) is 66.9 Å². The van der Waals surface area contributed by atoms with Crippen LogP contribution in [0.3, 0.4) is 0 Å². The molecule has 0 saturated carbocycles. The number of para-hydroxylation sites is 1. The predicted molar refractivity (Wildman–Crippen MR) is 98.7 cm³/mol. The fraction of sp³-hybridized carbons (Fsp3) is 0.0526. The number of anilines is 2. The first-order valence-corrected chi connectivity index (χ1v) is 7.93. The van der Waals surface area contributed by atoms with E-state index in [9.17, 15) is 0 Å². The third-order valence-electron chi connectivity index (χ3n) is 3.78. The van der Waals surface area contributed by atoms with E-state index in [0.29, 0.717) is 24.0 Å². The lowest BCUT2D eigenvalue weighted by atomic mass is 10.2. The van der Waals surface area contributed by atoms with Crippen LogP contribution in [-0.2, 0) is 6.54 Å². The number of nitrogens with zero attached hydrogens (tertiary/aromatic N) is 4. The van der Waals surface area contributed by atoms with Gasteiger partial charge in [0.2, 0.25) is 0 Å². The lowest BCUT2D eigenvalue weighted by Crippen LogP contribution is -2.08. The molecule has 25 heavy (non-hydrogen) atoms. The molecule has 0 bridgehead atoms. The van der Waals surface area contributed by atoms with Crippen LogP contribution in [-0.4, -0.2) is 19.9 Å². The van der Waals surface area contributed by atoms with E-state index in [0.717, 1.165) is 22.3 Å². The van der Waals surface area contributed by atoms with E-state index in [2.05, 4.69) is 20.3 Å². The molecule has 0 aliphatic heterocycles. The van der Waals surface area contributed by atoms with Crippen molar-refractivity contribution in [3.05, 3.63) is 72.7 Å². The number of nitrogens with one attached hydrogen (secondary N) is 1. The lowest BCUT2D eigenvalue weighted by Gasteiger charge is -2.10. The minimum Gasteiger partial charge on any atom is -0.384 e. The van der Waals surface area contributed by atoms with Gasteiger partial charge < -0.3 is 11.1 Å². The van der Waals surface area contributed by atoms with Gasteiger partial charge in [0.15, 0.2) is 5.82 Å². The van der Waals surface area contributed by atoms with E-state index in [1.54, 1.807) is 12.3 Å². The van der Waals surface area contributed by atoms with Crippen LogP contribution in [0, 0.1) is 0 Å². The van der Waals surface area contributed by atoms with Crippen molar-refractivity contribution in [3.63, 3.8) is 0 Å². The third-order valence-corrected chi connectivity index (χ3v) is 3.78. The molecule has 0 aliphatic carbocycles. The van der Waals surface area contributed by atoms with Gasteiger partial charge in [-0.15, -0.1) is 0 Å². The van der Waals surface area contributed by atoms with Crippen molar-refractivity contribution in [1.29, 1.82) is 0 Å². The maximum absolute atomic E-state index is 5.71. The molecule has 0 radical (unpaired) electrons. The Bertz CT molecular complexity index is 1020. The second kappa shape index (κ2) is 6.52. The Hall–Kier alpha value is -3.54. The van der Waals surface area contributed by atoms with Gasteiger partial charge in [-0.05, 0) is 18.2 Å². The van der Waals surface area contributed by atoms with Gasteiger partial charge in [-0.25, -0.2) is 19.9 Å². The summed E-state index contributed by atoms with van der Waals surface area (Å²) < 4.78 is 0.